The molecule has 1 aliphatic rings. The van der Waals surface area contributed by atoms with Crippen molar-refractivity contribution < 1.29 is 9.13 Å². The first-order valence-electron chi connectivity index (χ1n) is 6.61. The molecule has 4 heteroatoms. The van der Waals surface area contributed by atoms with Crippen LogP contribution in [0.3, 0.4) is 0 Å². The number of benzene rings is 1. The number of aryl methyl sites for hydroxylation is 1. The number of hydrogen-bond donors (Lipinski definition) is 1. The van der Waals surface area contributed by atoms with Crippen LogP contribution >= 0.6 is 0 Å². The molecule has 1 aliphatic carbocycles. The van der Waals surface area contributed by atoms with Crippen molar-refractivity contribution in [2.24, 2.45) is 0 Å². The second-order valence-electron chi connectivity index (χ2n) is 5.19. The summed E-state index contributed by atoms with van der Waals surface area (Å²) in [5.41, 5.74) is 0.406. The third-order valence-corrected chi connectivity index (χ3v) is 3.84. The van der Waals surface area contributed by atoms with Gasteiger partial charge in [0.05, 0.1) is 6.07 Å². The first-order valence-corrected chi connectivity index (χ1v) is 6.61. The Hall–Kier alpha value is -1.60. The summed E-state index contributed by atoms with van der Waals surface area (Å²) in [6.45, 7) is 1.90. The Morgan fingerprint density at radius 2 is 2.32 bits per heavy atom. The third kappa shape index (κ3) is 3.05. The predicted octanol–water partition coefficient (Wildman–Crippen LogP) is 2.94. The number of halogens is 1. The van der Waals surface area contributed by atoms with Gasteiger partial charge in [-0.25, -0.2) is 4.39 Å². The topological polar surface area (TPSA) is 45.0 Å². The van der Waals surface area contributed by atoms with Crippen LogP contribution in [-0.2, 0) is 0 Å². The number of ether oxygens (including phenoxy) is 1. The Morgan fingerprint density at radius 1 is 1.53 bits per heavy atom. The first-order chi connectivity index (χ1) is 9.08. The zero-order chi connectivity index (χ0) is 13.9. The number of nitrogens with zero attached hydrogens (tertiary/aromatic N) is 1. The third-order valence-electron chi connectivity index (χ3n) is 3.84. The lowest BCUT2D eigenvalue weighted by Gasteiger charge is -2.35. The molecule has 1 N–H and O–H groups in total. The minimum Gasteiger partial charge on any atom is -0.490 e. The number of nitrogens with one attached hydrogen (secondary N) is 1. The van der Waals surface area contributed by atoms with Crippen LogP contribution in [-0.4, -0.2) is 18.7 Å². The summed E-state index contributed by atoms with van der Waals surface area (Å²) >= 11 is 0. The second-order valence-corrected chi connectivity index (χ2v) is 5.19. The van der Waals surface area contributed by atoms with Gasteiger partial charge in [-0.3, -0.25) is 0 Å². The van der Waals surface area contributed by atoms with Gasteiger partial charge < -0.3 is 10.1 Å². The van der Waals surface area contributed by atoms with E-state index < -0.39 is 5.54 Å². The van der Waals surface area contributed by atoms with Crippen LogP contribution in [0.4, 0.5) is 4.39 Å². The average Bonchev–Trinajstić information content (AvgIpc) is 2.43. The smallest absolute Gasteiger partial charge is 0.126 e. The highest BCUT2D eigenvalue weighted by Gasteiger charge is 2.36. The van der Waals surface area contributed by atoms with Crippen LogP contribution in [0.25, 0.3) is 0 Å². The summed E-state index contributed by atoms with van der Waals surface area (Å²) in [5, 5.41) is 12.4. The van der Waals surface area contributed by atoms with E-state index in [0.29, 0.717) is 12.2 Å². The van der Waals surface area contributed by atoms with Gasteiger partial charge in [0.2, 0.25) is 0 Å². The first kappa shape index (κ1) is 13.8. The molecule has 1 fully saturated rings. The fraction of sp³-hybridized carbons (Fsp3) is 0.533. The molecule has 1 aromatic carbocycles. The molecule has 0 heterocycles. The summed E-state index contributed by atoms with van der Waals surface area (Å²) in [5.74, 6) is 0.284. The zero-order valence-electron chi connectivity index (χ0n) is 11.4. The van der Waals surface area contributed by atoms with Crippen LogP contribution in [0.15, 0.2) is 18.2 Å². The van der Waals surface area contributed by atoms with Crippen molar-refractivity contribution in [2.45, 2.75) is 44.2 Å². The summed E-state index contributed by atoms with van der Waals surface area (Å²) in [6, 6.07) is 6.90. The SMILES string of the molecule is CNC1(C#N)CCCC(Oc2cc(F)ccc2C)C1. The lowest BCUT2D eigenvalue weighted by Crippen LogP contribution is -2.48. The average molecular weight is 262 g/mol. The van der Waals surface area contributed by atoms with Gasteiger partial charge in [0.1, 0.15) is 23.2 Å². The highest BCUT2D eigenvalue weighted by Crippen LogP contribution is 2.31. The van der Waals surface area contributed by atoms with Crippen LogP contribution in [0.5, 0.6) is 5.75 Å². The molecule has 2 rings (SSSR count). The van der Waals surface area contributed by atoms with Gasteiger partial charge in [-0.1, -0.05) is 6.07 Å². The van der Waals surface area contributed by atoms with Crippen molar-refractivity contribution in [1.29, 1.82) is 5.26 Å². The normalized spacial score (nSPS) is 26.7. The molecule has 0 aromatic heterocycles. The largest absolute Gasteiger partial charge is 0.490 e. The Bertz CT molecular complexity index is 497. The maximum absolute atomic E-state index is 13.2. The maximum atomic E-state index is 13.2. The molecule has 0 aliphatic heterocycles. The van der Waals surface area contributed by atoms with Crippen molar-refractivity contribution in [3.05, 3.63) is 29.6 Å². The lowest BCUT2D eigenvalue weighted by molar-refractivity contribution is 0.115. The second kappa shape index (κ2) is 5.58. The predicted molar refractivity (Wildman–Crippen MR) is 71.4 cm³/mol. The van der Waals surface area contributed by atoms with Crippen molar-refractivity contribution >= 4 is 0 Å². The molecule has 3 nitrogen and oxygen atoms in total. The molecule has 0 bridgehead atoms. The minimum atomic E-state index is -0.510. The van der Waals surface area contributed by atoms with Gasteiger partial charge >= 0.3 is 0 Å². The molecule has 19 heavy (non-hydrogen) atoms. The number of nitriles is 1. The van der Waals surface area contributed by atoms with E-state index in [1.165, 1.54) is 12.1 Å². The van der Waals surface area contributed by atoms with Gasteiger partial charge in [-0.15, -0.1) is 0 Å². The van der Waals surface area contributed by atoms with Crippen LogP contribution in [0.2, 0.25) is 0 Å². The van der Waals surface area contributed by atoms with E-state index in [1.54, 1.807) is 13.1 Å². The molecule has 2 atom stereocenters. The molecule has 0 radical (unpaired) electrons. The quantitative estimate of drug-likeness (QED) is 0.911. The fourth-order valence-corrected chi connectivity index (χ4v) is 2.59. The Labute approximate surface area is 113 Å². The summed E-state index contributed by atoms with van der Waals surface area (Å²) in [6.07, 6.45) is 3.27. The van der Waals surface area contributed by atoms with Gasteiger partial charge in [0, 0.05) is 12.5 Å². The highest BCUT2D eigenvalue weighted by atomic mass is 19.1. The molecule has 0 spiro atoms. The summed E-state index contributed by atoms with van der Waals surface area (Å²) in [4.78, 5) is 0. The molecule has 0 amide bonds. The van der Waals surface area contributed by atoms with E-state index in [9.17, 15) is 9.65 Å². The van der Waals surface area contributed by atoms with E-state index in [1.807, 2.05) is 6.92 Å². The van der Waals surface area contributed by atoms with Crippen LogP contribution in [0, 0.1) is 24.1 Å². The van der Waals surface area contributed by atoms with E-state index in [-0.39, 0.29) is 11.9 Å². The Kier molecular flexibility index (Phi) is 4.06. The Morgan fingerprint density at radius 3 is 3.00 bits per heavy atom. The van der Waals surface area contributed by atoms with Gasteiger partial charge in [0.15, 0.2) is 0 Å². The number of rotatable bonds is 3. The molecule has 1 saturated carbocycles. The van der Waals surface area contributed by atoms with Gasteiger partial charge in [-0.05, 0) is 44.9 Å². The fourth-order valence-electron chi connectivity index (χ4n) is 2.59. The van der Waals surface area contributed by atoms with Crippen molar-refractivity contribution in [1.82, 2.24) is 5.32 Å². The standard InChI is InChI=1S/C15H19FN2O/c1-11-5-6-12(16)8-14(11)19-13-4-3-7-15(9-13,10-17)18-2/h5-6,8,13,18H,3-4,7,9H2,1-2H3. The van der Waals surface area contributed by atoms with E-state index in [2.05, 4.69) is 11.4 Å². The highest BCUT2D eigenvalue weighted by molar-refractivity contribution is 5.33. The van der Waals surface area contributed by atoms with E-state index in [4.69, 9.17) is 4.74 Å². The van der Waals surface area contributed by atoms with Gasteiger partial charge in [0.25, 0.3) is 0 Å². The molecule has 2 unspecified atom stereocenters. The monoisotopic (exact) mass is 262 g/mol. The molecular formula is C15H19FN2O. The van der Waals surface area contributed by atoms with Crippen molar-refractivity contribution in [3.63, 3.8) is 0 Å². The molecule has 0 saturated heterocycles. The lowest BCUT2D eigenvalue weighted by atomic mass is 9.81. The summed E-state index contributed by atoms with van der Waals surface area (Å²) < 4.78 is 19.1. The van der Waals surface area contributed by atoms with E-state index in [0.717, 1.165) is 24.8 Å². The van der Waals surface area contributed by atoms with Crippen molar-refractivity contribution in [3.8, 4) is 11.8 Å². The van der Waals surface area contributed by atoms with Gasteiger partial charge in [-0.2, -0.15) is 5.26 Å². The minimum absolute atomic E-state index is 0.0404. The van der Waals surface area contributed by atoms with Crippen molar-refractivity contribution in [2.75, 3.05) is 7.05 Å². The van der Waals surface area contributed by atoms with E-state index >= 15 is 0 Å². The number of hydrogen-bond acceptors (Lipinski definition) is 3. The van der Waals surface area contributed by atoms with Crippen LogP contribution in [0.1, 0.15) is 31.2 Å². The summed E-state index contributed by atoms with van der Waals surface area (Å²) in [7, 11) is 1.80. The molecular weight excluding hydrogens is 243 g/mol. The van der Waals surface area contributed by atoms with Crippen LogP contribution < -0.4 is 10.1 Å². The maximum Gasteiger partial charge on any atom is 0.126 e. The zero-order valence-corrected chi connectivity index (χ0v) is 11.4. The molecule has 1 aromatic rings. The Balaban J connectivity index is 2.11. The molecule has 102 valence electrons.